The van der Waals surface area contributed by atoms with Gasteiger partial charge in [0.1, 0.15) is 11.5 Å². The Hall–Kier alpha value is -4.76. The van der Waals surface area contributed by atoms with Crippen molar-refractivity contribution in [1.82, 2.24) is 5.43 Å². The summed E-state index contributed by atoms with van der Waals surface area (Å²) >= 11 is 3.40. The molecule has 196 valence electrons. The quantitative estimate of drug-likeness (QED) is 0.114. The van der Waals surface area contributed by atoms with Gasteiger partial charge in [-0.2, -0.15) is 5.10 Å². The maximum absolute atomic E-state index is 12.9. The Morgan fingerprint density at radius 3 is 2.26 bits per heavy atom. The number of rotatable bonds is 8. The lowest BCUT2D eigenvalue weighted by atomic mass is 10.1. The summed E-state index contributed by atoms with van der Waals surface area (Å²) in [7, 11) is 1.54. The average Bonchev–Trinajstić information content (AvgIpc) is 2.95. The van der Waals surface area contributed by atoms with Crippen LogP contribution in [-0.2, 0) is 0 Å². The van der Waals surface area contributed by atoms with Crippen molar-refractivity contribution < 1.29 is 23.9 Å². The first-order valence-corrected chi connectivity index (χ1v) is 12.6. The third kappa shape index (κ3) is 7.18. The fourth-order valence-corrected chi connectivity index (χ4v) is 3.89. The van der Waals surface area contributed by atoms with Crippen LogP contribution in [0.25, 0.3) is 0 Å². The Morgan fingerprint density at radius 2 is 1.54 bits per heavy atom. The van der Waals surface area contributed by atoms with E-state index in [1.165, 1.54) is 6.21 Å². The second-order valence-corrected chi connectivity index (χ2v) is 9.28. The fourth-order valence-electron chi connectivity index (χ4n) is 3.51. The van der Waals surface area contributed by atoms with E-state index in [4.69, 9.17) is 9.47 Å². The smallest absolute Gasteiger partial charge is 0.343 e. The van der Waals surface area contributed by atoms with Crippen LogP contribution < -0.4 is 20.2 Å². The van der Waals surface area contributed by atoms with Gasteiger partial charge in [0.05, 0.1) is 30.1 Å². The minimum absolute atomic E-state index is 0.219. The van der Waals surface area contributed by atoms with Crippen molar-refractivity contribution in [3.8, 4) is 11.5 Å². The van der Waals surface area contributed by atoms with E-state index >= 15 is 0 Å². The monoisotopic (exact) mass is 585 g/mol. The molecule has 0 aliphatic carbocycles. The van der Waals surface area contributed by atoms with Crippen LogP contribution >= 0.6 is 15.9 Å². The molecule has 0 saturated heterocycles. The van der Waals surface area contributed by atoms with Crippen molar-refractivity contribution in [2.75, 3.05) is 12.4 Å². The summed E-state index contributed by atoms with van der Waals surface area (Å²) in [6.45, 7) is 1.93. The van der Waals surface area contributed by atoms with E-state index in [9.17, 15) is 14.4 Å². The molecule has 0 aliphatic rings. The summed E-state index contributed by atoms with van der Waals surface area (Å²) in [5.41, 5.74) is 5.31. The number of hydrogen-bond donors (Lipinski definition) is 2. The molecule has 9 heteroatoms. The van der Waals surface area contributed by atoms with Crippen molar-refractivity contribution in [3.63, 3.8) is 0 Å². The Kier molecular flexibility index (Phi) is 8.86. The van der Waals surface area contributed by atoms with Crippen LogP contribution in [0.4, 0.5) is 5.69 Å². The number of aryl methyl sites for hydroxylation is 1. The number of benzene rings is 4. The topological polar surface area (TPSA) is 106 Å². The van der Waals surface area contributed by atoms with Crippen molar-refractivity contribution in [2.24, 2.45) is 5.10 Å². The van der Waals surface area contributed by atoms with Gasteiger partial charge in [-0.3, -0.25) is 9.59 Å². The molecule has 0 heterocycles. The maximum atomic E-state index is 12.9. The summed E-state index contributed by atoms with van der Waals surface area (Å²) in [6.07, 6.45) is 1.37. The highest BCUT2D eigenvalue weighted by atomic mass is 79.9. The van der Waals surface area contributed by atoms with Gasteiger partial charge in [0.15, 0.2) is 0 Å². The van der Waals surface area contributed by atoms with E-state index in [1.807, 2.05) is 19.1 Å². The summed E-state index contributed by atoms with van der Waals surface area (Å²) in [5.74, 6) is -0.533. The number of anilines is 1. The average molecular weight is 586 g/mol. The lowest BCUT2D eigenvalue weighted by molar-refractivity contribution is 0.0733. The van der Waals surface area contributed by atoms with Crippen LogP contribution in [0.5, 0.6) is 11.5 Å². The summed E-state index contributed by atoms with van der Waals surface area (Å²) < 4.78 is 11.4. The largest absolute Gasteiger partial charge is 0.497 e. The van der Waals surface area contributed by atoms with Gasteiger partial charge in [-0.05, 0) is 73.7 Å². The predicted octanol–water partition coefficient (Wildman–Crippen LogP) is 6.00. The molecule has 0 bridgehead atoms. The molecule has 0 saturated carbocycles. The SMILES string of the molecule is COc1ccc(C(=O)Nc2ccccc2C(=O)N/N=C\c2cc(Br)ccc2OC(=O)c2ccc(C)cc2)cc1. The van der Waals surface area contributed by atoms with Crippen LogP contribution in [0.15, 0.2) is 101 Å². The highest BCUT2D eigenvalue weighted by Gasteiger charge is 2.15. The van der Waals surface area contributed by atoms with Gasteiger partial charge in [-0.1, -0.05) is 45.8 Å². The summed E-state index contributed by atoms with van der Waals surface area (Å²) in [5, 5.41) is 6.80. The molecule has 0 aromatic heterocycles. The number of hydrogen-bond acceptors (Lipinski definition) is 6. The Morgan fingerprint density at radius 1 is 0.846 bits per heavy atom. The standard InChI is InChI=1S/C30H24BrN3O5/c1-19-7-9-21(10-8-19)30(37)39-27-16-13-23(31)17-22(27)18-32-34-29(36)25-5-3-4-6-26(25)33-28(35)20-11-14-24(38-2)15-12-20/h3-18H,1-2H3,(H,33,35)(H,34,36)/b32-18-. The highest BCUT2D eigenvalue weighted by Crippen LogP contribution is 2.23. The van der Waals surface area contributed by atoms with Gasteiger partial charge in [-0.25, -0.2) is 10.2 Å². The molecule has 4 aromatic rings. The van der Waals surface area contributed by atoms with Gasteiger partial charge in [0.2, 0.25) is 0 Å². The molecule has 2 N–H and O–H groups in total. The molecule has 0 atom stereocenters. The van der Waals surface area contributed by atoms with Crippen LogP contribution in [-0.4, -0.2) is 31.1 Å². The minimum Gasteiger partial charge on any atom is -0.497 e. The first kappa shape index (κ1) is 27.3. The Labute approximate surface area is 233 Å². The number of esters is 1. The van der Waals surface area contributed by atoms with Crippen LogP contribution in [0.2, 0.25) is 0 Å². The second kappa shape index (κ2) is 12.7. The number of ether oxygens (including phenoxy) is 2. The molecule has 39 heavy (non-hydrogen) atoms. The fraction of sp³-hybridized carbons (Fsp3) is 0.0667. The lowest BCUT2D eigenvalue weighted by Crippen LogP contribution is -2.21. The van der Waals surface area contributed by atoms with Gasteiger partial charge in [0.25, 0.3) is 11.8 Å². The highest BCUT2D eigenvalue weighted by molar-refractivity contribution is 9.10. The first-order chi connectivity index (χ1) is 18.8. The van der Waals surface area contributed by atoms with Gasteiger partial charge >= 0.3 is 5.97 Å². The molecule has 8 nitrogen and oxygen atoms in total. The third-order valence-corrected chi connectivity index (χ3v) is 6.10. The van der Waals surface area contributed by atoms with E-state index in [2.05, 4.69) is 31.8 Å². The minimum atomic E-state index is -0.537. The number of para-hydroxylation sites is 1. The van der Waals surface area contributed by atoms with Gasteiger partial charge in [0, 0.05) is 15.6 Å². The summed E-state index contributed by atoms with van der Waals surface area (Å²) in [6, 6.07) is 25.3. The summed E-state index contributed by atoms with van der Waals surface area (Å²) in [4.78, 5) is 38.2. The molecule has 0 radical (unpaired) electrons. The van der Waals surface area contributed by atoms with E-state index in [1.54, 1.807) is 86.0 Å². The van der Waals surface area contributed by atoms with Gasteiger partial charge in [-0.15, -0.1) is 0 Å². The lowest BCUT2D eigenvalue weighted by Gasteiger charge is -2.11. The normalized spacial score (nSPS) is 10.6. The zero-order valence-corrected chi connectivity index (χ0v) is 22.7. The second-order valence-electron chi connectivity index (χ2n) is 8.37. The number of carbonyl (C=O) groups is 3. The Bertz CT molecular complexity index is 1530. The van der Waals surface area contributed by atoms with Crippen LogP contribution in [0, 0.1) is 6.92 Å². The third-order valence-electron chi connectivity index (χ3n) is 5.60. The molecular formula is C30H24BrN3O5. The number of halogens is 1. The van der Waals surface area contributed by atoms with Crippen LogP contribution in [0.1, 0.15) is 42.2 Å². The zero-order chi connectivity index (χ0) is 27.8. The van der Waals surface area contributed by atoms with Crippen molar-refractivity contribution in [1.29, 1.82) is 0 Å². The Balaban J connectivity index is 1.46. The maximum Gasteiger partial charge on any atom is 0.343 e. The molecular weight excluding hydrogens is 562 g/mol. The van der Waals surface area contributed by atoms with Crippen LogP contribution in [0.3, 0.4) is 0 Å². The molecule has 0 spiro atoms. The molecule has 4 rings (SSSR count). The van der Waals surface area contributed by atoms with Crippen molar-refractivity contribution in [2.45, 2.75) is 6.92 Å². The first-order valence-electron chi connectivity index (χ1n) is 11.8. The molecule has 0 fully saturated rings. The predicted molar refractivity (Wildman–Crippen MR) is 153 cm³/mol. The molecule has 2 amide bonds. The number of carbonyl (C=O) groups excluding carboxylic acids is 3. The van der Waals surface area contributed by atoms with E-state index in [0.29, 0.717) is 28.1 Å². The van der Waals surface area contributed by atoms with E-state index < -0.39 is 11.9 Å². The number of nitrogens with one attached hydrogen (secondary N) is 2. The number of hydrazone groups is 1. The number of amides is 2. The van der Waals surface area contributed by atoms with Crippen molar-refractivity contribution >= 4 is 45.6 Å². The number of nitrogens with zero attached hydrogens (tertiary/aromatic N) is 1. The zero-order valence-electron chi connectivity index (χ0n) is 21.1. The molecule has 4 aromatic carbocycles. The van der Waals surface area contributed by atoms with E-state index in [0.717, 1.165) is 10.0 Å². The van der Waals surface area contributed by atoms with Crippen molar-refractivity contribution in [3.05, 3.63) is 123 Å². The molecule has 0 unspecified atom stereocenters. The van der Waals surface area contributed by atoms with E-state index in [-0.39, 0.29) is 17.2 Å². The molecule has 0 aliphatic heterocycles. The van der Waals surface area contributed by atoms with Gasteiger partial charge < -0.3 is 14.8 Å². The number of methoxy groups -OCH3 is 1.